The van der Waals surface area contributed by atoms with Gasteiger partial charge in [0.2, 0.25) is 0 Å². The molecule has 2 rings (SSSR count). The van der Waals surface area contributed by atoms with Crippen molar-refractivity contribution in [2.24, 2.45) is 7.05 Å². The molecule has 0 saturated carbocycles. The highest BCUT2D eigenvalue weighted by molar-refractivity contribution is 14.0. The van der Waals surface area contributed by atoms with E-state index in [-0.39, 0.29) is 48.2 Å². The van der Waals surface area contributed by atoms with Gasteiger partial charge in [0, 0.05) is 19.7 Å². The number of hydrogen-bond donors (Lipinski definition) is 3. The number of aliphatic hydroxyl groups is 2. The molecule has 0 aromatic carbocycles. The highest BCUT2D eigenvalue weighted by Gasteiger charge is 2.34. The molecule has 3 atom stereocenters. The van der Waals surface area contributed by atoms with Crippen LogP contribution < -0.4 is 11.2 Å². The second-order valence-electron chi connectivity index (χ2n) is 4.06. The van der Waals surface area contributed by atoms with Crippen molar-refractivity contribution in [2.75, 3.05) is 6.61 Å². The number of aromatic nitrogens is 2. The summed E-state index contributed by atoms with van der Waals surface area (Å²) in [5, 5.41) is 26.0. The van der Waals surface area contributed by atoms with Gasteiger partial charge >= 0.3 is 5.69 Å². The minimum absolute atomic E-state index is 0. The van der Waals surface area contributed by atoms with E-state index in [1.54, 1.807) is 0 Å². The number of hydrogen-bond acceptors (Lipinski definition) is 5. The first-order valence-corrected chi connectivity index (χ1v) is 5.31. The van der Waals surface area contributed by atoms with E-state index in [0.29, 0.717) is 0 Å². The molecule has 3 N–H and O–H groups in total. The average molecular weight is 369 g/mol. The Morgan fingerprint density at radius 1 is 1.61 bits per heavy atom. The molecule has 0 amide bonds. The molecule has 1 aliphatic heterocycles. The van der Waals surface area contributed by atoms with E-state index >= 15 is 0 Å². The fourth-order valence-corrected chi connectivity index (χ4v) is 1.87. The lowest BCUT2D eigenvalue weighted by Crippen LogP contribution is -2.38. The maximum atomic E-state index is 11.9. The molecular formula is C10H16IN3O4. The van der Waals surface area contributed by atoms with Gasteiger partial charge in [-0.1, -0.05) is 0 Å². The maximum Gasteiger partial charge on any atom is 0.331 e. The van der Waals surface area contributed by atoms with Crippen molar-refractivity contribution in [1.29, 1.82) is 5.41 Å². The monoisotopic (exact) mass is 369 g/mol. The third-order valence-electron chi connectivity index (χ3n) is 2.96. The highest BCUT2D eigenvalue weighted by atomic mass is 127. The Hall–Kier alpha value is -0.710. The zero-order chi connectivity index (χ0) is 12.6. The van der Waals surface area contributed by atoms with E-state index in [2.05, 4.69) is 0 Å². The topological polar surface area (TPSA) is 100 Å². The van der Waals surface area contributed by atoms with Crippen molar-refractivity contribution >= 4 is 24.0 Å². The summed E-state index contributed by atoms with van der Waals surface area (Å²) in [7, 11) is 1.50. The smallest absolute Gasteiger partial charge is 0.331 e. The molecule has 0 bridgehead atoms. The second-order valence-corrected chi connectivity index (χ2v) is 4.06. The Morgan fingerprint density at radius 3 is 2.83 bits per heavy atom. The molecule has 102 valence electrons. The maximum absolute atomic E-state index is 11.9. The van der Waals surface area contributed by atoms with Crippen molar-refractivity contribution in [1.82, 2.24) is 9.13 Å². The number of rotatable bonds is 2. The quantitative estimate of drug-likeness (QED) is 0.578. The summed E-state index contributed by atoms with van der Waals surface area (Å²) in [4.78, 5) is 11.9. The zero-order valence-corrected chi connectivity index (χ0v) is 12.1. The largest absolute Gasteiger partial charge is 0.394 e. The molecule has 7 nitrogen and oxygen atoms in total. The predicted octanol–water partition coefficient (Wildman–Crippen LogP) is -1.08. The van der Waals surface area contributed by atoms with Gasteiger partial charge in [0.25, 0.3) is 0 Å². The van der Waals surface area contributed by atoms with Crippen LogP contribution in [-0.2, 0) is 11.8 Å². The van der Waals surface area contributed by atoms with E-state index < -0.39 is 18.4 Å². The van der Waals surface area contributed by atoms with Crippen molar-refractivity contribution in [3.8, 4) is 0 Å². The Morgan fingerprint density at radius 2 is 2.28 bits per heavy atom. The zero-order valence-electron chi connectivity index (χ0n) is 9.81. The standard InChI is InChI=1S/C10H15N3O4.HI/c1-12-8(11)2-3-13(10(12)16)9-4-6(15)7(5-14)17-9;/h2-3,6-7,9,11,14-15H,4-5H2,1H3;1H/t6-,7-,9-;/m1./s1. The molecule has 0 radical (unpaired) electrons. The Labute approximate surface area is 120 Å². The summed E-state index contributed by atoms with van der Waals surface area (Å²) in [6.07, 6.45) is -0.322. The highest BCUT2D eigenvalue weighted by Crippen LogP contribution is 2.26. The van der Waals surface area contributed by atoms with Crippen LogP contribution in [0, 0.1) is 5.41 Å². The van der Waals surface area contributed by atoms with Gasteiger partial charge in [0.15, 0.2) is 0 Å². The van der Waals surface area contributed by atoms with Gasteiger partial charge in [-0.2, -0.15) is 0 Å². The van der Waals surface area contributed by atoms with Gasteiger partial charge in [-0.3, -0.25) is 14.5 Å². The van der Waals surface area contributed by atoms with Gasteiger partial charge in [0.1, 0.15) is 17.8 Å². The number of nitrogens with zero attached hydrogens (tertiary/aromatic N) is 2. The van der Waals surface area contributed by atoms with Gasteiger partial charge < -0.3 is 14.9 Å². The average Bonchev–Trinajstić information content (AvgIpc) is 2.67. The SMILES string of the molecule is Cn1c(=N)ccn([C@H]2C[C@@H](O)[C@@H](CO)O2)c1=O.I. The Kier molecular flexibility index (Phi) is 5.08. The van der Waals surface area contributed by atoms with Gasteiger partial charge in [-0.25, -0.2) is 4.79 Å². The van der Waals surface area contributed by atoms with Crippen LogP contribution >= 0.6 is 24.0 Å². The number of halogens is 1. The Bertz CT molecular complexity index is 527. The van der Waals surface area contributed by atoms with Crippen molar-refractivity contribution in [3.05, 3.63) is 28.2 Å². The third-order valence-corrected chi connectivity index (χ3v) is 2.96. The molecule has 1 aromatic heterocycles. The lowest BCUT2D eigenvalue weighted by Gasteiger charge is -2.15. The van der Waals surface area contributed by atoms with Gasteiger partial charge in [0.05, 0.1) is 12.7 Å². The van der Waals surface area contributed by atoms with Crippen molar-refractivity contribution in [3.63, 3.8) is 0 Å². The fraction of sp³-hybridized carbons (Fsp3) is 0.600. The van der Waals surface area contributed by atoms with Crippen molar-refractivity contribution < 1.29 is 14.9 Å². The molecule has 1 fully saturated rings. The van der Waals surface area contributed by atoms with Crippen LogP contribution in [0.25, 0.3) is 0 Å². The summed E-state index contributed by atoms with van der Waals surface area (Å²) < 4.78 is 7.87. The van der Waals surface area contributed by atoms with Crippen LogP contribution in [0.2, 0.25) is 0 Å². The van der Waals surface area contributed by atoms with E-state index in [1.807, 2.05) is 0 Å². The van der Waals surface area contributed by atoms with Crippen LogP contribution in [0.15, 0.2) is 17.1 Å². The molecule has 1 aromatic rings. The van der Waals surface area contributed by atoms with E-state index in [0.717, 1.165) is 0 Å². The van der Waals surface area contributed by atoms with Crippen LogP contribution in [0.4, 0.5) is 0 Å². The molecule has 8 heteroatoms. The van der Waals surface area contributed by atoms with Gasteiger partial charge in [-0.05, 0) is 6.07 Å². The third kappa shape index (κ3) is 2.66. The number of nitrogens with one attached hydrogen (secondary N) is 1. The molecule has 0 unspecified atom stereocenters. The van der Waals surface area contributed by atoms with E-state index in [9.17, 15) is 9.90 Å². The summed E-state index contributed by atoms with van der Waals surface area (Å²) in [5.74, 6) is 0. The minimum atomic E-state index is -0.780. The molecule has 1 saturated heterocycles. The van der Waals surface area contributed by atoms with Crippen molar-refractivity contribution in [2.45, 2.75) is 24.9 Å². The van der Waals surface area contributed by atoms with E-state index in [4.69, 9.17) is 15.3 Å². The number of ether oxygens (including phenoxy) is 1. The second kappa shape index (κ2) is 5.95. The summed E-state index contributed by atoms with van der Waals surface area (Å²) in [6, 6.07) is 1.48. The Balaban J connectivity index is 0.00000162. The fourth-order valence-electron chi connectivity index (χ4n) is 1.87. The summed E-state index contributed by atoms with van der Waals surface area (Å²) in [6.45, 7) is -0.283. The van der Waals surface area contributed by atoms with Crippen LogP contribution in [0.3, 0.4) is 0 Å². The van der Waals surface area contributed by atoms with Crippen LogP contribution in [0.1, 0.15) is 12.6 Å². The lowest BCUT2D eigenvalue weighted by atomic mass is 10.2. The molecular weight excluding hydrogens is 353 g/mol. The molecule has 0 aliphatic carbocycles. The molecule has 0 spiro atoms. The minimum Gasteiger partial charge on any atom is -0.394 e. The molecule has 18 heavy (non-hydrogen) atoms. The first-order valence-electron chi connectivity index (χ1n) is 5.31. The van der Waals surface area contributed by atoms with Crippen LogP contribution in [-0.4, -0.2) is 38.2 Å². The first-order chi connectivity index (χ1) is 8.04. The summed E-state index contributed by atoms with van der Waals surface area (Å²) in [5.41, 5.74) is -0.281. The molecule has 1 aliphatic rings. The number of aliphatic hydroxyl groups excluding tert-OH is 2. The normalized spacial score (nSPS) is 26.9. The molecule has 2 heterocycles. The van der Waals surface area contributed by atoms with Gasteiger partial charge in [-0.15, -0.1) is 24.0 Å². The van der Waals surface area contributed by atoms with Crippen LogP contribution in [0.5, 0.6) is 0 Å². The van der Waals surface area contributed by atoms with E-state index in [1.165, 1.54) is 28.4 Å². The summed E-state index contributed by atoms with van der Waals surface area (Å²) >= 11 is 0. The predicted molar refractivity (Wildman–Crippen MR) is 72.6 cm³/mol. The lowest BCUT2D eigenvalue weighted by molar-refractivity contribution is -0.0462. The first kappa shape index (κ1) is 15.3.